The van der Waals surface area contributed by atoms with Crippen molar-refractivity contribution in [2.45, 2.75) is 18.7 Å². The zero-order valence-corrected chi connectivity index (χ0v) is 10.7. The normalized spacial score (nSPS) is 10.8. The molecule has 0 fully saturated rings. The van der Waals surface area contributed by atoms with E-state index in [0.717, 1.165) is 33.9 Å². The Morgan fingerprint density at radius 2 is 2.11 bits per heavy atom. The summed E-state index contributed by atoms with van der Waals surface area (Å²) >= 11 is 0.878. The van der Waals surface area contributed by atoms with Gasteiger partial charge in [0.05, 0.1) is 17.7 Å². The van der Waals surface area contributed by atoms with Gasteiger partial charge in [-0.05, 0) is 37.6 Å². The van der Waals surface area contributed by atoms with E-state index in [-0.39, 0.29) is 5.56 Å². The molecule has 2 rings (SSSR count). The van der Waals surface area contributed by atoms with Crippen molar-refractivity contribution in [1.82, 2.24) is 9.78 Å². The maximum absolute atomic E-state index is 11.7. The summed E-state index contributed by atoms with van der Waals surface area (Å²) < 4.78 is 5.82. The summed E-state index contributed by atoms with van der Waals surface area (Å²) in [5.74, 6) is 0. The van der Waals surface area contributed by atoms with E-state index in [4.69, 9.17) is 5.26 Å². The van der Waals surface area contributed by atoms with Crippen molar-refractivity contribution in [3.8, 4) is 5.69 Å². The van der Waals surface area contributed by atoms with Crippen LogP contribution in [0.1, 0.15) is 11.3 Å². The van der Waals surface area contributed by atoms with Gasteiger partial charge in [0.15, 0.2) is 0 Å². The van der Waals surface area contributed by atoms with E-state index in [2.05, 4.69) is 14.5 Å². The fourth-order valence-corrected chi connectivity index (χ4v) is 2.14. The van der Waals surface area contributed by atoms with Crippen molar-refractivity contribution in [3.05, 3.63) is 45.9 Å². The lowest BCUT2D eigenvalue weighted by atomic mass is 10.2. The molecular formula is C11H12N2O4S. The smallest absolute Gasteiger partial charge is 0.271 e. The maximum atomic E-state index is 11.7. The Bertz CT molecular complexity index is 605. The summed E-state index contributed by atoms with van der Waals surface area (Å²) in [5, 5.41) is 14.6. The molecule has 96 valence electrons. The van der Waals surface area contributed by atoms with E-state index in [1.807, 2.05) is 19.9 Å². The van der Waals surface area contributed by atoms with Gasteiger partial charge in [-0.3, -0.25) is 9.89 Å². The monoisotopic (exact) mass is 268 g/mol. The van der Waals surface area contributed by atoms with Gasteiger partial charge in [-0.2, -0.15) is 0 Å². The van der Waals surface area contributed by atoms with Crippen LogP contribution in [0, 0.1) is 13.8 Å². The van der Waals surface area contributed by atoms with Gasteiger partial charge in [0, 0.05) is 16.7 Å². The van der Waals surface area contributed by atoms with Crippen molar-refractivity contribution in [3.63, 3.8) is 0 Å². The Balaban J connectivity index is 2.35. The summed E-state index contributed by atoms with van der Waals surface area (Å²) in [6.07, 6.45) is 0. The first-order valence-corrected chi connectivity index (χ1v) is 5.90. The Morgan fingerprint density at radius 1 is 1.33 bits per heavy atom. The van der Waals surface area contributed by atoms with E-state index in [9.17, 15) is 4.79 Å². The number of aryl methyl sites for hydroxylation is 2. The predicted molar refractivity (Wildman–Crippen MR) is 66.5 cm³/mol. The van der Waals surface area contributed by atoms with Crippen LogP contribution in [-0.2, 0) is 9.37 Å². The molecule has 0 atom stereocenters. The maximum Gasteiger partial charge on any atom is 0.271 e. The molecule has 0 bridgehead atoms. The third kappa shape index (κ3) is 2.65. The molecule has 1 heterocycles. The second kappa shape index (κ2) is 5.40. The molecule has 0 saturated carbocycles. The molecule has 18 heavy (non-hydrogen) atoms. The average Bonchev–Trinajstić information content (AvgIpc) is 2.66. The molecule has 0 aliphatic carbocycles. The molecule has 1 aromatic heterocycles. The fourth-order valence-electron chi connectivity index (χ4n) is 1.68. The molecule has 0 radical (unpaired) electrons. The molecule has 2 N–H and O–H groups in total. The quantitative estimate of drug-likeness (QED) is 0.505. The highest BCUT2D eigenvalue weighted by atomic mass is 32.2. The van der Waals surface area contributed by atoms with Crippen LogP contribution in [0.15, 0.2) is 34.0 Å². The lowest BCUT2D eigenvalue weighted by molar-refractivity contribution is -0.432. The number of H-pyrrole nitrogens is 1. The number of rotatable bonds is 4. The molecule has 7 heteroatoms. The van der Waals surface area contributed by atoms with E-state index >= 15 is 0 Å². The SMILES string of the molecule is Cc1cc(=O)n(-c2ccc(SOOO)cc2C)[nH]1. The standard InChI is InChI=1S/C11H12N2O4S/c1-7-5-9(18-17-16-15)3-4-10(7)13-11(14)6-8(2)12-13/h3-6,12,15H,1-2H3. The molecule has 0 amide bonds. The van der Waals surface area contributed by atoms with Gasteiger partial charge in [-0.15, -0.1) is 4.33 Å². The Kier molecular flexibility index (Phi) is 3.87. The van der Waals surface area contributed by atoms with Gasteiger partial charge < -0.3 is 0 Å². The topological polar surface area (TPSA) is 76.5 Å². The van der Waals surface area contributed by atoms with Crippen LogP contribution in [0.25, 0.3) is 5.69 Å². The molecule has 0 spiro atoms. The summed E-state index contributed by atoms with van der Waals surface area (Å²) in [6, 6.07) is 6.90. The largest absolute Gasteiger partial charge is 0.295 e. The van der Waals surface area contributed by atoms with Crippen molar-refractivity contribution in [1.29, 1.82) is 0 Å². The predicted octanol–water partition coefficient (Wildman–Crippen LogP) is 2.21. The summed E-state index contributed by atoms with van der Waals surface area (Å²) in [6.45, 7) is 3.70. The van der Waals surface area contributed by atoms with Gasteiger partial charge in [0.2, 0.25) is 0 Å². The molecule has 2 aromatic rings. The zero-order valence-electron chi connectivity index (χ0n) is 9.84. The molecule has 0 aliphatic heterocycles. The first-order chi connectivity index (χ1) is 8.61. The van der Waals surface area contributed by atoms with Crippen molar-refractivity contribution >= 4 is 12.0 Å². The number of nitrogens with zero attached hydrogens (tertiary/aromatic N) is 1. The van der Waals surface area contributed by atoms with Gasteiger partial charge >= 0.3 is 0 Å². The lowest BCUT2D eigenvalue weighted by Crippen LogP contribution is -2.14. The number of hydrogen-bond donors (Lipinski definition) is 2. The Labute approximate surface area is 107 Å². The van der Waals surface area contributed by atoms with Crippen LogP contribution < -0.4 is 5.56 Å². The van der Waals surface area contributed by atoms with Gasteiger partial charge in [0.25, 0.3) is 5.56 Å². The first kappa shape index (κ1) is 12.9. The van der Waals surface area contributed by atoms with Crippen LogP contribution in [-0.4, -0.2) is 15.0 Å². The molecule has 0 saturated heterocycles. The second-order valence-corrected chi connectivity index (χ2v) is 4.56. The van der Waals surface area contributed by atoms with Crippen molar-refractivity contribution in [2.75, 3.05) is 0 Å². The summed E-state index contributed by atoms with van der Waals surface area (Å²) in [5.41, 5.74) is 2.36. The highest BCUT2D eigenvalue weighted by Gasteiger charge is 2.07. The molecule has 0 aliphatic rings. The lowest BCUT2D eigenvalue weighted by Gasteiger charge is -2.07. The minimum absolute atomic E-state index is 0.106. The second-order valence-electron chi connectivity index (χ2n) is 3.79. The van der Waals surface area contributed by atoms with Crippen molar-refractivity contribution < 1.29 is 14.6 Å². The summed E-state index contributed by atoms with van der Waals surface area (Å²) in [4.78, 5) is 12.4. The number of hydrogen-bond acceptors (Lipinski definition) is 5. The van der Waals surface area contributed by atoms with Gasteiger partial charge in [0.1, 0.15) is 0 Å². The number of nitrogens with one attached hydrogen (secondary N) is 1. The number of benzene rings is 1. The molecule has 0 unspecified atom stereocenters. The highest BCUT2D eigenvalue weighted by molar-refractivity contribution is 7.94. The van der Waals surface area contributed by atoms with E-state index in [1.54, 1.807) is 12.1 Å². The minimum Gasteiger partial charge on any atom is -0.295 e. The van der Waals surface area contributed by atoms with Crippen LogP contribution in [0.5, 0.6) is 0 Å². The van der Waals surface area contributed by atoms with Crippen LogP contribution >= 0.6 is 12.0 Å². The fraction of sp³-hybridized carbons (Fsp3) is 0.182. The summed E-state index contributed by atoms with van der Waals surface area (Å²) in [7, 11) is 0. The Hall–Kier alpha value is -1.54. The Morgan fingerprint density at radius 3 is 2.67 bits per heavy atom. The van der Waals surface area contributed by atoms with Crippen LogP contribution in [0.4, 0.5) is 0 Å². The molecule has 1 aromatic carbocycles. The van der Waals surface area contributed by atoms with E-state index in [1.165, 1.54) is 10.7 Å². The van der Waals surface area contributed by atoms with Gasteiger partial charge in [-0.25, -0.2) is 9.94 Å². The number of aromatic amines is 1. The zero-order chi connectivity index (χ0) is 13.1. The van der Waals surface area contributed by atoms with Crippen LogP contribution in [0.3, 0.4) is 0 Å². The van der Waals surface area contributed by atoms with Crippen molar-refractivity contribution in [2.24, 2.45) is 0 Å². The molecular weight excluding hydrogens is 256 g/mol. The highest BCUT2D eigenvalue weighted by Crippen LogP contribution is 2.23. The van der Waals surface area contributed by atoms with Crippen LogP contribution in [0.2, 0.25) is 0 Å². The third-order valence-electron chi connectivity index (χ3n) is 2.42. The molecule has 6 nitrogen and oxygen atoms in total. The number of aromatic nitrogens is 2. The average molecular weight is 268 g/mol. The van der Waals surface area contributed by atoms with E-state index in [0.29, 0.717) is 0 Å². The third-order valence-corrected chi connectivity index (χ3v) is 2.99. The minimum atomic E-state index is -0.106. The first-order valence-electron chi connectivity index (χ1n) is 5.16. The van der Waals surface area contributed by atoms with Gasteiger partial charge in [-0.1, -0.05) is 5.04 Å². The van der Waals surface area contributed by atoms with E-state index < -0.39 is 0 Å².